The smallest absolute Gasteiger partial charge is 0.339 e. The minimum Gasteiger partial charge on any atom is -0.457 e. The maximum Gasteiger partial charge on any atom is 0.339 e. The number of ether oxygens (including phenoxy) is 2. The highest BCUT2D eigenvalue weighted by Crippen LogP contribution is 2.37. The molecule has 0 fully saturated rings. The van der Waals surface area contributed by atoms with Gasteiger partial charge < -0.3 is 9.47 Å². The van der Waals surface area contributed by atoms with Crippen LogP contribution in [0, 0.1) is 5.92 Å². The molecule has 30 heavy (non-hydrogen) atoms. The zero-order valence-corrected chi connectivity index (χ0v) is 21.3. The Morgan fingerprint density at radius 2 is 1.43 bits per heavy atom. The van der Waals surface area contributed by atoms with E-state index in [1.54, 1.807) is 47.6 Å². The van der Waals surface area contributed by atoms with Gasteiger partial charge in [0.2, 0.25) is 0 Å². The minimum atomic E-state index is -2.15. The van der Waals surface area contributed by atoms with Crippen LogP contribution in [-0.4, -0.2) is 56.3 Å². The highest BCUT2D eigenvalue weighted by Gasteiger charge is 2.41. The number of nitrogens with zero attached hydrogens (tertiary/aromatic N) is 1. The van der Waals surface area contributed by atoms with Crippen LogP contribution in [0.2, 0.25) is 19.6 Å². The Balaban J connectivity index is 3.67. The van der Waals surface area contributed by atoms with Gasteiger partial charge in [-0.3, -0.25) is 9.63 Å². The van der Waals surface area contributed by atoms with Gasteiger partial charge in [-0.15, -0.1) is 0 Å². The Bertz CT molecular complexity index is 762. The highest BCUT2D eigenvalue weighted by molar-refractivity contribution is 6.84. The quantitative estimate of drug-likeness (QED) is 0.368. The van der Waals surface area contributed by atoms with Crippen LogP contribution >= 0.6 is 0 Å². The molecule has 1 aliphatic carbocycles. The lowest BCUT2D eigenvalue weighted by atomic mass is 9.88. The molecule has 0 saturated carbocycles. The van der Waals surface area contributed by atoms with E-state index in [4.69, 9.17) is 14.3 Å². The summed E-state index contributed by atoms with van der Waals surface area (Å²) in [5.41, 5.74) is -1.05. The third kappa shape index (κ3) is 7.09. The van der Waals surface area contributed by atoms with E-state index in [0.717, 1.165) is 5.06 Å². The van der Waals surface area contributed by atoms with Crippen molar-refractivity contribution in [1.29, 1.82) is 0 Å². The predicted octanol–water partition coefficient (Wildman–Crippen LogP) is 3.81. The Morgan fingerprint density at radius 3 is 1.83 bits per heavy atom. The largest absolute Gasteiger partial charge is 0.457 e. The number of esters is 2. The monoisotopic (exact) mass is 439 g/mol. The number of hydroxylamine groups is 2. The van der Waals surface area contributed by atoms with Crippen molar-refractivity contribution < 1.29 is 28.7 Å². The molecule has 0 spiro atoms. The molecule has 0 saturated heterocycles. The maximum absolute atomic E-state index is 13.2. The van der Waals surface area contributed by atoms with E-state index in [9.17, 15) is 14.4 Å². The average molecular weight is 440 g/mol. The Morgan fingerprint density at radius 1 is 0.967 bits per heavy atom. The molecule has 7 nitrogen and oxygen atoms in total. The lowest BCUT2D eigenvalue weighted by molar-refractivity contribution is -0.172. The SMILES string of the molecule is CON(C)C(=O)[C@H]1C=C([Si](C)(C)C)C(C(=O)OC(C)(C)C)=C(C(=O)OC(C)(C)C)C1. The standard InChI is InChI=1S/C22H37NO6Si/c1-21(2,3)28-19(25)15-12-14(18(24)23(7)27-8)13-16(30(9,10)11)17(15)20(26)29-22(4,5)6/h13-14H,12H2,1-11H3/t14-/m1/s1. The van der Waals surface area contributed by atoms with Gasteiger partial charge >= 0.3 is 11.9 Å². The Hall–Kier alpha value is -1.93. The molecular formula is C22H37NO6Si. The second-order valence-corrected chi connectivity index (χ2v) is 15.6. The van der Waals surface area contributed by atoms with Crippen molar-refractivity contribution in [1.82, 2.24) is 5.06 Å². The number of rotatable bonds is 5. The van der Waals surface area contributed by atoms with Crippen LogP contribution in [-0.2, 0) is 28.7 Å². The number of hydrogen-bond donors (Lipinski definition) is 0. The van der Waals surface area contributed by atoms with E-state index in [1.807, 2.05) is 0 Å². The van der Waals surface area contributed by atoms with Gasteiger partial charge in [-0.25, -0.2) is 14.7 Å². The molecule has 1 aliphatic rings. The van der Waals surface area contributed by atoms with Crippen LogP contribution in [0.5, 0.6) is 0 Å². The van der Waals surface area contributed by atoms with Gasteiger partial charge in [-0.1, -0.05) is 25.7 Å². The summed E-state index contributed by atoms with van der Waals surface area (Å²) in [6.45, 7) is 16.8. The number of amides is 1. The average Bonchev–Trinajstić information content (AvgIpc) is 2.55. The first kappa shape index (κ1) is 26.1. The molecule has 170 valence electrons. The van der Waals surface area contributed by atoms with Gasteiger partial charge in [-0.2, -0.15) is 0 Å². The molecule has 0 unspecified atom stereocenters. The molecule has 0 radical (unpaired) electrons. The predicted molar refractivity (Wildman–Crippen MR) is 118 cm³/mol. The van der Waals surface area contributed by atoms with Gasteiger partial charge in [0.1, 0.15) is 11.2 Å². The van der Waals surface area contributed by atoms with Crippen molar-refractivity contribution in [2.75, 3.05) is 14.2 Å². The molecule has 0 N–H and O–H groups in total. The Kier molecular flexibility index (Phi) is 7.88. The van der Waals surface area contributed by atoms with Crippen LogP contribution in [0.4, 0.5) is 0 Å². The molecule has 1 amide bonds. The molecule has 0 heterocycles. The summed E-state index contributed by atoms with van der Waals surface area (Å²) in [4.78, 5) is 44.2. The molecule has 8 heteroatoms. The number of hydrogen-bond acceptors (Lipinski definition) is 6. The summed E-state index contributed by atoms with van der Waals surface area (Å²) in [6.07, 6.45) is 1.85. The fourth-order valence-corrected chi connectivity index (χ4v) is 4.73. The van der Waals surface area contributed by atoms with Crippen molar-refractivity contribution >= 4 is 25.9 Å². The second-order valence-electron chi connectivity index (χ2n) is 10.5. The Labute approximate surface area is 181 Å². The van der Waals surface area contributed by atoms with Crippen molar-refractivity contribution in [2.24, 2.45) is 5.92 Å². The van der Waals surface area contributed by atoms with E-state index in [1.165, 1.54) is 14.2 Å². The minimum absolute atomic E-state index is 0.0456. The summed E-state index contributed by atoms with van der Waals surface area (Å²) < 4.78 is 11.2. The van der Waals surface area contributed by atoms with E-state index in [-0.39, 0.29) is 23.5 Å². The summed E-state index contributed by atoms with van der Waals surface area (Å²) in [5, 5.41) is 1.85. The molecule has 0 aromatic carbocycles. The molecule has 0 aromatic rings. The molecule has 0 aliphatic heterocycles. The number of carbonyl (C=O) groups is 3. The van der Waals surface area contributed by atoms with Crippen LogP contribution < -0.4 is 0 Å². The molecule has 0 bridgehead atoms. The normalized spacial score (nSPS) is 18.0. The first-order chi connectivity index (χ1) is 13.4. The maximum atomic E-state index is 13.2. The van der Waals surface area contributed by atoms with Gasteiger partial charge in [0.05, 0.1) is 32.2 Å². The van der Waals surface area contributed by atoms with E-state index < -0.39 is 37.1 Å². The summed E-state index contributed by atoms with van der Waals surface area (Å²) in [6, 6.07) is 0. The van der Waals surface area contributed by atoms with Gasteiger partial charge in [0, 0.05) is 7.05 Å². The highest BCUT2D eigenvalue weighted by atomic mass is 28.3. The summed E-state index contributed by atoms with van der Waals surface area (Å²) >= 11 is 0. The van der Waals surface area contributed by atoms with Crippen LogP contribution in [0.25, 0.3) is 0 Å². The van der Waals surface area contributed by atoms with Crippen molar-refractivity contribution in [2.45, 2.75) is 78.8 Å². The van der Waals surface area contributed by atoms with Gasteiger partial charge in [-0.05, 0) is 53.2 Å². The van der Waals surface area contributed by atoms with Crippen LogP contribution in [0.15, 0.2) is 22.4 Å². The first-order valence-electron chi connectivity index (χ1n) is 10.1. The topological polar surface area (TPSA) is 82.1 Å². The third-order valence-electron chi connectivity index (χ3n) is 4.32. The van der Waals surface area contributed by atoms with E-state index >= 15 is 0 Å². The molecule has 1 atom stereocenters. The van der Waals surface area contributed by atoms with Crippen LogP contribution in [0.3, 0.4) is 0 Å². The van der Waals surface area contributed by atoms with Crippen molar-refractivity contribution in [3.63, 3.8) is 0 Å². The summed E-state index contributed by atoms with van der Waals surface area (Å²) in [5.74, 6) is -2.10. The second kappa shape index (κ2) is 9.06. The number of carbonyl (C=O) groups excluding carboxylic acids is 3. The van der Waals surface area contributed by atoms with Gasteiger partial charge in [0.25, 0.3) is 5.91 Å². The van der Waals surface area contributed by atoms with Crippen molar-refractivity contribution in [3.05, 3.63) is 22.4 Å². The summed E-state index contributed by atoms with van der Waals surface area (Å²) in [7, 11) is 0.768. The van der Waals surface area contributed by atoms with E-state index in [0.29, 0.717) is 5.20 Å². The fourth-order valence-electron chi connectivity index (χ4n) is 3.02. The molecule has 1 rings (SSSR count). The molecular weight excluding hydrogens is 402 g/mol. The fraction of sp³-hybridized carbons (Fsp3) is 0.682. The van der Waals surface area contributed by atoms with Crippen LogP contribution in [0.1, 0.15) is 48.0 Å². The van der Waals surface area contributed by atoms with Crippen molar-refractivity contribution in [3.8, 4) is 0 Å². The zero-order chi connectivity index (χ0) is 23.7. The first-order valence-corrected chi connectivity index (χ1v) is 13.6. The third-order valence-corrected chi connectivity index (χ3v) is 6.35. The zero-order valence-electron chi connectivity index (χ0n) is 20.3. The molecule has 0 aromatic heterocycles. The lowest BCUT2D eigenvalue weighted by Gasteiger charge is -2.33. The van der Waals surface area contributed by atoms with Gasteiger partial charge in [0.15, 0.2) is 0 Å². The van der Waals surface area contributed by atoms with E-state index in [2.05, 4.69) is 19.6 Å². The lowest BCUT2D eigenvalue weighted by Crippen LogP contribution is -2.40.